The number of hydrogen-bond acceptors (Lipinski definition) is 5. The predicted octanol–water partition coefficient (Wildman–Crippen LogP) is 2.09. The van der Waals surface area contributed by atoms with Gasteiger partial charge in [-0.1, -0.05) is 6.07 Å². The van der Waals surface area contributed by atoms with Gasteiger partial charge in [0.05, 0.1) is 0 Å². The first-order valence-electron chi connectivity index (χ1n) is 7.19. The molecule has 1 saturated heterocycles. The normalized spacial score (nSPS) is 15.5. The molecule has 2 aromatic rings. The van der Waals surface area contributed by atoms with E-state index in [4.69, 9.17) is 5.11 Å². The lowest BCUT2D eigenvalue weighted by molar-refractivity contribution is 0.133. The number of carboxylic acid groups (broad SMARTS) is 1. The fourth-order valence-electron chi connectivity index (χ4n) is 2.48. The summed E-state index contributed by atoms with van der Waals surface area (Å²) in [6, 6.07) is 4.04. The van der Waals surface area contributed by atoms with Crippen LogP contribution in [0.25, 0.3) is 11.1 Å². The van der Waals surface area contributed by atoms with E-state index in [9.17, 15) is 4.79 Å². The maximum Gasteiger partial charge on any atom is 0.407 e. The molecule has 0 bridgehead atoms. The molecule has 1 aliphatic rings. The summed E-state index contributed by atoms with van der Waals surface area (Å²) in [5, 5.41) is 12.2. The fraction of sp³-hybridized carbons (Fsp3) is 0.333. The van der Waals surface area contributed by atoms with Gasteiger partial charge in [-0.25, -0.2) is 14.8 Å². The van der Waals surface area contributed by atoms with Crippen LogP contribution in [0, 0.1) is 0 Å². The Hall–Kier alpha value is -2.70. The van der Waals surface area contributed by atoms with Crippen molar-refractivity contribution < 1.29 is 9.90 Å². The molecular formula is C15H17N5O2. The van der Waals surface area contributed by atoms with Gasteiger partial charge in [-0.3, -0.25) is 4.98 Å². The number of nitrogens with zero attached hydrogens (tertiary/aromatic N) is 4. The van der Waals surface area contributed by atoms with Crippen molar-refractivity contribution in [1.82, 2.24) is 19.9 Å². The zero-order valence-corrected chi connectivity index (χ0v) is 12.0. The molecule has 7 nitrogen and oxygen atoms in total. The summed E-state index contributed by atoms with van der Waals surface area (Å²) in [5.74, 6) is 0.571. The molecule has 114 valence electrons. The van der Waals surface area contributed by atoms with E-state index in [1.54, 1.807) is 24.8 Å². The number of piperidine rings is 1. The average Bonchev–Trinajstić information content (AvgIpc) is 2.57. The van der Waals surface area contributed by atoms with Crippen LogP contribution in [-0.4, -0.2) is 50.2 Å². The number of aromatic nitrogens is 3. The molecule has 1 amide bonds. The van der Waals surface area contributed by atoms with Crippen LogP contribution in [-0.2, 0) is 0 Å². The number of amides is 1. The number of rotatable bonds is 3. The molecule has 0 aromatic carbocycles. The summed E-state index contributed by atoms with van der Waals surface area (Å²) in [6.07, 6.45) is 7.70. The number of nitrogens with one attached hydrogen (secondary N) is 1. The topological polar surface area (TPSA) is 91.2 Å². The molecule has 1 aliphatic heterocycles. The van der Waals surface area contributed by atoms with Crippen molar-refractivity contribution in [2.45, 2.75) is 18.9 Å². The third kappa shape index (κ3) is 3.30. The van der Waals surface area contributed by atoms with Gasteiger partial charge >= 0.3 is 6.09 Å². The van der Waals surface area contributed by atoms with Crippen molar-refractivity contribution in [3.8, 4) is 11.1 Å². The molecule has 22 heavy (non-hydrogen) atoms. The SMILES string of the molecule is O=C(O)N1CCC(Nc2ncc(-c3cccnc3)cn2)CC1. The van der Waals surface area contributed by atoms with Crippen LogP contribution in [0.2, 0.25) is 0 Å². The van der Waals surface area contributed by atoms with E-state index >= 15 is 0 Å². The van der Waals surface area contributed by atoms with E-state index in [2.05, 4.69) is 20.3 Å². The zero-order chi connectivity index (χ0) is 15.4. The monoisotopic (exact) mass is 299 g/mol. The van der Waals surface area contributed by atoms with Gasteiger partial charge < -0.3 is 15.3 Å². The van der Waals surface area contributed by atoms with Crippen LogP contribution in [0.4, 0.5) is 10.7 Å². The average molecular weight is 299 g/mol. The first kappa shape index (κ1) is 14.2. The molecule has 3 heterocycles. The van der Waals surface area contributed by atoms with Crippen LogP contribution in [0.1, 0.15) is 12.8 Å². The largest absolute Gasteiger partial charge is 0.465 e. The first-order chi connectivity index (χ1) is 10.7. The third-order valence-corrected chi connectivity index (χ3v) is 3.75. The van der Waals surface area contributed by atoms with E-state index < -0.39 is 6.09 Å². The molecule has 2 N–H and O–H groups in total. The molecule has 7 heteroatoms. The molecule has 2 aromatic heterocycles. The molecule has 0 spiro atoms. The zero-order valence-electron chi connectivity index (χ0n) is 12.0. The molecule has 0 radical (unpaired) electrons. The minimum absolute atomic E-state index is 0.208. The van der Waals surface area contributed by atoms with Gasteiger partial charge in [-0.15, -0.1) is 0 Å². The second kappa shape index (κ2) is 6.38. The van der Waals surface area contributed by atoms with Gasteiger partial charge in [0.2, 0.25) is 5.95 Å². The van der Waals surface area contributed by atoms with Crippen molar-refractivity contribution >= 4 is 12.0 Å². The van der Waals surface area contributed by atoms with Gasteiger partial charge in [0.25, 0.3) is 0 Å². The first-order valence-corrected chi connectivity index (χ1v) is 7.19. The van der Waals surface area contributed by atoms with Crippen molar-refractivity contribution in [3.63, 3.8) is 0 Å². The number of pyridine rings is 1. The summed E-state index contributed by atoms with van der Waals surface area (Å²) in [6.45, 7) is 1.08. The van der Waals surface area contributed by atoms with Gasteiger partial charge in [0, 0.05) is 55.0 Å². The minimum atomic E-state index is -0.851. The second-order valence-electron chi connectivity index (χ2n) is 5.23. The number of carbonyl (C=O) groups is 1. The highest BCUT2D eigenvalue weighted by atomic mass is 16.4. The van der Waals surface area contributed by atoms with E-state index in [0.29, 0.717) is 19.0 Å². The molecule has 0 saturated carbocycles. The molecular weight excluding hydrogens is 282 g/mol. The highest BCUT2D eigenvalue weighted by molar-refractivity contribution is 5.65. The highest BCUT2D eigenvalue weighted by Gasteiger charge is 2.22. The van der Waals surface area contributed by atoms with Gasteiger partial charge in [0.1, 0.15) is 0 Å². The summed E-state index contributed by atoms with van der Waals surface area (Å²) >= 11 is 0. The Bertz CT molecular complexity index is 624. The lowest BCUT2D eigenvalue weighted by atomic mass is 10.1. The highest BCUT2D eigenvalue weighted by Crippen LogP contribution is 2.18. The van der Waals surface area contributed by atoms with Crippen LogP contribution in [0.15, 0.2) is 36.9 Å². The Kier molecular flexibility index (Phi) is 4.13. The molecule has 1 fully saturated rings. The summed E-state index contributed by atoms with van der Waals surface area (Å²) in [5.41, 5.74) is 1.89. The lowest BCUT2D eigenvalue weighted by Crippen LogP contribution is -2.41. The maximum absolute atomic E-state index is 10.9. The fourth-order valence-corrected chi connectivity index (χ4v) is 2.48. The molecule has 0 aliphatic carbocycles. The quantitative estimate of drug-likeness (QED) is 0.901. The standard InChI is InChI=1S/C15H17N5O2/c21-15(22)20-6-3-13(4-7-20)19-14-17-9-12(10-18-14)11-2-1-5-16-8-11/h1-2,5,8-10,13H,3-4,6-7H2,(H,21,22)(H,17,18,19). The van der Waals surface area contributed by atoms with E-state index in [1.165, 1.54) is 4.90 Å². The number of likely N-dealkylation sites (tertiary alicyclic amines) is 1. The number of hydrogen-bond donors (Lipinski definition) is 2. The molecule has 0 unspecified atom stereocenters. The Balaban J connectivity index is 1.59. The Labute approximate surface area is 128 Å². The van der Waals surface area contributed by atoms with Crippen LogP contribution in [0.5, 0.6) is 0 Å². The smallest absolute Gasteiger partial charge is 0.407 e. The Morgan fingerprint density at radius 1 is 1.18 bits per heavy atom. The summed E-state index contributed by atoms with van der Waals surface area (Å²) < 4.78 is 0. The molecule has 3 rings (SSSR count). The van der Waals surface area contributed by atoms with Crippen LogP contribution < -0.4 is 5.32 Å². The van der Waals surface area contributed by atoms with Crippen LogP contribution >= 0.6 is 0 Å². The van der Waals surface area contributed by atoms with Gasteiger partial charge in [-0.05, 0) is 18.9 Å². The van der Waals surface area contributed by atoms with Crippen molar-refractivity contribution in [2.75, 3.05) is 18.4 Å². The van der Waals surface area contributed by atoms with Gasteiger partial charge in [0.15, 0.2) is 0 Å². The van der Waals surface area contributed by atoms with Crippen molar-refractivity contribution in [1.29, 1.82) is 0 Å². The second-order valence-corrected chi connectivity index (χ2v) is 5.23. The van der Waals surface area contributed by atoms with Crippen molar-refractivity contribution in [2.24, 2.45) is 0 Å². The Morgan fingerprint density at radius 2 is 1.91 bits per heavy atom. The number of anilines is 1. The van der Waals surface area contributed by atoms with E-state index in [0.717, 1.165) is 24.0 Å². The van der Waals surface area contributed by atoms with Crippen LogP contribution in [0.3, 0.4) is 0 Å². The summed E-state index contributed by atoms with van der Waals surface area (Å²) in [7, 11) is 0. The Morgan fingerprint density at radius 3 is 2.50 bits per heavy atom. The minimum Gasteiger partial charge on any atom is -0.465 e. The van der Waals surface area contributed by atoms with Crippen molar-refractivity contribution in [3.05, 3.63) is 36.9 Å². The molecule has 0 atom stereocenters. The van der Waals surface area contributed by atoms with Gasteiger partial charge in [-0.2, -0.15) is 0 Å². The predicted molar refractivity (Wildman–Crippen MR) is 81.5 cm³/mol. The lowest BCUT2D eigenvalue weighted by Gasteiger charge is -2.30. The summed E-state index contributed by atoms with van der Waals surface area (Å²) in [4.78, 5) is 25.0. The van der Waals surface area contributed by atoms with E-state index in [-0.39, 0.29) is 6.04 Å². The van der Waals surface area contributed by atoms with E-state index in [1.807, 2.05) is 12.1 Å². The third-order valence-electron chi connectivity index (χ3n) is 3.75. The maximum atomic E-state index is 10.9.